The van der Waals surface area contributed by atoms with Gasteiger partial charge >= 0.3 is 0 Å². The first-order valence-corrected chi connectivity index (χ1v) is 4.76. The minimum absolute atomic E-state index is 0. The zero-order valence-corrected chi connectivity index (χ0v) is 9.89. The Bertz CT molecular complexity index is 433. The highest BCUT2D eigenvalue weighted by Crippen LogP contribution is 2.29. The molecule has 0 unspecified atom stereocenters. The molecule has 0 aromatic heterocycles. The fraction of sp³-hybridized carbons (Fsp3) is 0.250. The summed E-state index contributed by atoms with van der Waals surface area (Å²) in [6, 6.07) is 6.25. The quantitative estimate of drug-likeness (QED) is 0.675. The number of fused-ring (bicyclic) bond motifs is 1. The van der Waals surface area contributed by atoms with Crippen molar-refractivity contribution >= 4 is 17.1 Å². The lowest BCUT2D eigenvalue weighted by molar-refractivity contribution is -0.00000310. The lowest BCUT2D eigenvalue weighted by atomic mass is 10.2. The number of aliphatic imine (C=N–C) groups is 1. The summed E-state index contributed by atoms with van der Waals surface area (Å²) in [6.45, 7) is 6.15. The molecule has 2 rings (SSSR count). The Morgan fingerprint density at radius 3 is 2.60 bits per heavy atom. The lowest BCUT2D eigenvalue weighted by Gasteiger charge is -2.07. The van der Waals surface area contributed by atoms with Gasteiger partial charge in [0.05, 0.1) is 11.4 Å². The maximum absolute atomic E-state index is 4.51. The average Bonchev–Trinajstić information content (AvgIpc) is 2.21. The monoisotopic (exact) mass is 221 g/mol. The van der Waals surface area contributed by atoms with Gasteiger partial charge in [-0.15, -0.1) is 0 Å². The van der Waals surface area contributed by atoms with E-state index in [4.69, 9.17) is 0 Å². The Balaban J connectivity index is 0.00000112. The van der Waals surface area contributed by atoms with Crippen LogP contribution in [0.15, 0.2) is 35.0 Å². The minimum Gasteiger partial charge on any atom is -1.00 e. The first-order valence-electron chi connectivity index (χ1n) is 4.76. The topological polar surface area (TPSA) is 24.4 Å². The predicted molar refractivity (Wildman–Crippen MR) is 61.3 cm³/mol. The number of nitrogens with one attached hydrogen (secondary N) is 1. The summed E-state index contributed by atoms with van der Waals surface area (Å²) in [4.78, 5) is 4.51. The molecule has 0 saturated heterocycles. The average molecular weight is 222 g/mol. The van der Waals surface area contributed by atoms with Crippen LogP contribution in [-0.4, -0.2) is 5.71 Å². The van der Waals surface area contributed by atoms with Gasteiger partial charge in [-0.1, -0.05) is 6.07 Å². The van der Waals surface area contributed by atoms with Crippen LogP contribution in [-0.2, 0) is 0 Å². The molecule has 0 bridgehead atoms. The fourth-order valence-corrected chi connectivity index (χ4v) is 1.63. The Labute approximate surface area is 96.5 Å². The van der Waals surface area contributed by atoms with Crippen LogP contribution in [0.5, 0.6) is 0 Å². The van der Waals surface area contributed by atoms with E-state index in [2.05, 4.69) is 42.4 Å². The molecule has 3 heteroatoms. The summed E-state index contributed by atoms with van der Waals surface area (Å²) in [5.41, 5.74) is 5.53. The second kappa shape index (κ2) is 4.49. The van der Waals surface area contributed by atoms with E-state index in [0.29, 0.717) is 0 Å². The number of benzene rings is 1. The number of hydrogen-bond donors (Lipinski definition) is 1. The molecule has 1 aromatic carbocycles. The Kier molecular flexibility index (Phi) is 3.53. The minimum atomic E-state index is 0. The van der Waals surface area contributed by atoms with Crippen molar-refractivity contribution < 1.29 is 12.4 Å². The van der Waals surface area contributed by atoms with Crippen LogP contribution in [0.3, 0.4) is 0 Å². The molecule has 0 atom stereocenters. The van der Waals surface area contributed by atoms with Crippen LogP contribution in [0.4, 0.5) is 11.4 Å². The number of nitrogens with zero attached hydrogens (tertiary/aromatic N) is 1. The van der Waals surface area contributed by atoms with Crippen LogP contribution < -0.4 is 17.7 Å². The summed E-state index contributed by atoms with van der Waals surface area (Å²) in [6.07, 6.45) is 2.05. The number of allylic oxidation sites excluding steroid dienone is 2. The molecule has 1 aliphatic heterocycles. The summed E-state index contributed by atoms with van der Waals surface area (Å²) >= 11 is 0. The summed E-state index contributed by atoms with van der Waals surface area (Å²) < 4.78 is 0. The fourth-order valence-electron chi connectivity index (χ4n) is 1.63. The van der Waals surface area contributed by atoms with E-state index in [-0.39, 0.29) is 12.4 Å². The third-order valence-corrected chi connectivity index (χ3v) is 2.21. The van der Waals surface area contributed by atoms with Gasteiger partial charge in [0, 0.05) is 11.4 Å². The van der Waals surface area contributed by atoms with E-state index in [1.807, 2.05) is 13.0 Å². The van der Waals surface area contributed by atoms with Crippen molar-refractivity contribution in [1.29, 1.82) is 0 Å². The molecule has 1 heterocycles. The molecule has 1 aliphatic rings. The first-order chi connectivity index (χ1) is 6.65. The second-order valence-corrected chi connectivity index (χ2v) is 3.73. The highest BCUT2D eigenvalue weighted by Gasteiger charge is 2.05. The Hall–Kier alpha value is -1.28. The molecule has 0 fully saturated rings. The van der Waals surface area contributed by atoms with Crippen LogP contribution in [0.2, 0.25) is 0 Å². The van der Waals surface area contributed by atoms with E-state index in [1.54, 1.807) is 0 Å². The molecular formula is C12H14ClN2-. The van der Waals surface area contributed by atoms with Crippen molar-refractivity contribution in [1.82, 2.24) is 0 Å². The van der Waals surface area contributed by atoms with Crippen LogP contribution >= 0.6 is 0 Å². The zero-order valence-electron chi connectivity index (χ0n) is 9.13. The van der Waals surface area contributed by atoms with Gasteiger partial charge in [-0.3, -0.25) is 4.99 Å². The molecule has 0 spiro atoms. The van der Waals surface area contributed by atoms with Crippen molar-refractivity contribution in [3.05, 3.63) is 35.5 Å². The standard InChI is InChI=1S/C12H14N2.ClH/c1-8-4-5-11-12(6-8)14-10(3)7-9(2)13-11;/h4-7,14H,1-3H3;1H/p-1. The van der Waals surface area contributed by atoms with Crippen molar-refractivity contribution in [3.8, 4) is 0 Å². The van der Waals surface area contributed by atoms with Gasteiger partial charge in [0.25, 0.3) is 0 Å². The molecule has 1 N–H and O–H groups in total. The van der Waals surface area contributed by atoms with Gasteiger partial charge in [-0.2, -0.15) is 0 Å². The maximum atomic E-state index is 4.51. The van der Waals surface area contributed by atoms with Crippen molar-refractivity contribution in [2.75, 3.05) is 5.32 Å². The molecule has 0 saturated carbocycles. The second-order valence-electron chi connectivity index (χ2n) is 3.73. The summed E-state index contributed by atoms with van der Waals surface area (Å²) in [7, 11) is 0. The summed E-state index contributed by atoms with van der Waals surface area (Å²) in [5, 5.41) is 3.34. The van der Waals surface area contributed by atoms with Gasteiger partial charge in [0.2, 0.25) is 0 Å². The largest absolute Gasteiger partial charge is 1.00 e. The van der Waals surface area contributed by atoms with Crippen LogP contribution in [0.1, 0.15) is 19.4 Å². The van der Waals surface area contributed by atoms with Gasteiger partial charge in [0.1, 0.15) is 0 Å². The molecular weight excluding hydrogens is 208 g/mol. The van der Waals surface area contributed by atoms with E-state index in [9.17, 15) is 0 Å². The Morgan fingerprint density at radius 1 is 1.13 bits per heavy atom. The molecule has 80 valence electrons. The molecule has 0 amide bonds. The highest BCUT2D eigenvalue weighted by atomic mass is 35.5. The number of aryl methyl sites for hydroxylation is 1. The molecule has 0 radical (unpaired) electrons. The van der Waals surface area contributed by atoms with E-state index < -0.39 is 0 Å². The van der Waals surface area contributed by atoms with Crippen molar-refractivity contribution in [3.63, 3.8) is 0 Å². The van der Waals surface area contributed by atoms with E-state index in [0.717, 1.165) is 22.8 Å². The van der Waals surface area contributed by atoms with Gasteiger partial charge in [0.15, 0.2) is 0 Å². The van der Waals surface area contributed by atoms with Gasteiger partial charge in [-0.05, 0) is 44.5 Å². The lowest BCUT2D eigenvalue weighted by Crippen LogP contribution is -3.00. The van der Waals surface area contributed by atoms with E-state index in [1.165, 1.54) is 5.56 Å². The zero-order chi connectivity index (χ0) is 10.1. The predicted octanol–water partition coefficient (Wildman–Crippen LogP) is 0.421. The SMILES string of the molecule is CC1=CC(C)=Nc2ccc(C)cc2N1.[Cl-]. The number of halogens is 1. The van der Waals surface area contributed by atoms with Gasteiger partial charge < -0.3 is 17.7 Å². The normalized spacial score (nSPS) is 13.8. The smallest absolute Gasteiger partial charge is 0.0867 e. The maximum Gasteiger partial charge on any atom is 0.0867 e. The van der Waals surface area contributed by atoms with Crippen LogP contribution in [0, 0.1) is 6.92 Å². The number of rotatable bonds is 0. The molecule has 0 aliphatic carbocycles. The Morgan fingerprint density at radius 2 is 1.87 bits per heavy atom. The van der Waals surface area contributed by atoms with Crippen LogP contribution in [0.25, 0.3) is 0 Å². The van der Waals surface area contributed by atoms with Crippen molar-refractivity contribution in [2.45, 2.75) is 20.8 Å². The highest BCUT2D eigenvalue weighted by molar-refractivity contribution is 5.98. The third kappa shape index (κ3) is 2.60. The molecule has 15 heavy (non-hydrogen) atoms. The molecule has 1 aromatic rings. The van der Waals surface area contributed by atoms with Crippen molar-refractivity contribution in [2.24, 2.45) is 4.99 Å². The molecule has 2 nitrogen and oxygen atoms in total. The third-order valence-electron chi connectivity index (χ3n) is 2.21. The van der Waals surface area contributed by atoms with Gasteiger partial charge in [-0.25, -0.2) is 0 Å². The van der Waals surface area contributed by atoms with E-state index >= 15 is 0 Å². The first kappa shape index (κ1) is 11.8. The number of hydrogen-bond acceptors (Lipinski definition) is 2. The number of anilines is 1. The summed E-state index contributed by atoms with van der Waals surface area (Å²) in [5.74, 6) is 0.